The van der Waals surface area contributed by atoms with Crippen LogP contribution in [-0.4, -0.2) is 35.3 Å². The number of nitrogens with one attached hydrogen (secondary N) is 1. The molecule has 0 spiro atoms. The van der Waals surface area contributed by atoms with Crippen molar-refractivity contribution < 1.29 is 14.7 Å². The quantitative estimate of drug-likeness (QED) is 0.330. The van der Waals surface area contributed by atoms with Gasteiger partial charge in [0.05, 0.1) is 14.2 Å². The third-order valence-electron chi connectivity index (χ3n) is 6.90. The van der Waals surface area contributed by atoms with Crippen LogP contribution in [0.25, 0.3) is 6.08 Å². The Bertz CT molecular complexity index is 1180. The summed E-state index contributed by atoms with van der Waals surface area (Å²) in [6.07, 6.45) is 8.32. The number of aromatic amines is 1. The normalized spacial score (nSPS) is 20.5. The summed E-state index contributed by atoms with van der Waals surface area (Å²) in [6, 6.07) is 16.5. The summed E-state index contributed by atoms with van der Waals surface area (Å²) in [5, 5.41) is 21.1. The van der Waals surface area contributed by atoms with Crippen molar-refractivity contribution >= 4 is 11.8 Å². The number of allylic oxidation sites excluding steroid dienone is 1. The minimum Gasteiger partial charge on any atom is -0.493 e. The fraction of sp³-hybridized carbons (Fsp3) is 0.308. The van der Waals surface area contributed by atoms with E-state index in [1.165, 1.54) is 12.0 Å². The van der Waals surface area contributed by atoms with E-state index < -0.39 is 5.41 Å². The van der Waals surface area contributed by atoms with Crippen molar-refractivity contribution in [1.29, 1.82) is 0 Å². The molecule has 1 fully saturated rings. The van der Waals surface area contributed by atoms with Crippen LogP contribution in [0.5, 0.6) is 11.5 Å². The van der Waals surface area contributed by atoms with E-state index >= 15 is 0 Å². The molecule has 164 valence electrons. The molecule has 6 heteroatoms. The summed E-state index contributed by atoms with van der Waals surface area (Å²) >= 11 is 0. The average Bonchev–Trinajstić information content (AvgIpc) is 3.23. The molecular weight excluding hydrogens is 402 g/mol. The van der Waals surface area contributed by atoms with Crippen LogP contribution in [-0.2, 0) is 11.8 Å². The number of H-pyrrole nitrogens is 1. The highest BCUT2D eigenvalue weighted by atomic mass is 16.5. The standard InChI is InChI=1S/C26H27N3O3/c1-31-22-12-11-19(15-23(22)32-2)26(18-9-4-3-5-10-18)14-13-20-21(16-26)27-28-25(20)24(29-30)17-7-6-8-17/h3-5,9-15,17,30H,6-8,16H2,1-2H3,(H,27,28)/b29-24+. The number of oxime groups is 1. The molecule has 2 N–H and O–H groups in total. The SMILES string of the molecule is COc1ccc(C2(c3ccccc3)C=Cc3c(/C(=N/O)C4CCC4)n[nH]c3C2)cc1OC. The molecule has 3 aromatic rings. The molecule has 0 bridgehead atoms. The maximum Gasteiger partial charge on any atom is 0.161 e. The number of hydrogen-bond donors (Lipinski definition) is 2. The second-order valence-corrected chi connectivity index (χ2v) is 8.49. The second kappa shape index (κ2) is 8.19. The number of fused-ring (bicyclic) bond motifs is 1. The van der Waals surface area contributed by atoms with Crippen LogP contribution in [0.2, 0.25) is 0 Å². The van der Waals surface area contributed by atoms with Gasteiger partial charge in [-0.1, -0.05) is 60.1 Å². The molecule has 0 radical (unpaired) electrons. The van der Waals surface area contributed by atoms with E-state index in [-0.39, 0.29) is 5.92 Å². The second-order valence-electron chi connectivity index (χ2n) is 8.49. The maximum atomic E-state index is 9.68. The highest BCUT2D eigenvalue weighted by Gasteiger charge is 2.38. The Hall–Kier alpha value is -3.54. The lowest BCUT2D eigenvalue weighted by Crippen LogP contribution is -2.31. The van der Waals surface area contributed by atoms with Gasteiger partial charge >= 0.3 is 0 Å². The summed E-state index contributed by atoms with van der Waals surface area (Å²) in [7, 11) is 3.30. The van der Waals surface area contributed by atoms with Crippen molar-refractivity contribution in [3.05, 3.63) is 82.7 Å². The Morgan fingerprint density at radius 3 is 2.50 bits per heavy atom. The Morgan fingerprint density at radius 1 is 1.06 bits per heavy atom. The molecule has 5 rings (SSSR count). The fourth-order valence-corrected chi connectivity index (χ4v) is 4.88. The van der Waals surface area contributed by atoms with Crippen molar-refractivity contribution in [2.75, 3.05) is 14.2 Å². The predicted octanol–water partition coefficient (Wildman–Crippen LogP) is 4.96. The Balaban J connectivity index is 1.62. The Labute approximate surface area is 187 Å². The predicted molar refractivity (Wildman–Crippen MR) is 124 cm³/mol. The molecule has 32 heavy (non-hydrogen) atoms. The Morgan fingerprint density at radius 2 is 1.84 bits per heavy atom. The molecule has 1 saturated carbocycles. The van der Waals surface area contributed by atoms with Crippen molar-refractivity contribution in [3.63, 3.8) is 0 Å². The van der Waals surface area contributed by atoms with Crippen LogP contribution in [0.15, 0.2) is 59.8 Å². The minimum absolute atomic E-state index is 0.285. The molecular formula is C26H27N3O3. The van der Waals surface area contributed by atoms with Crippen LogP contribution in [0.4, 0.5) is 0 Å². The van der Waals surface area contributed by atoms with Crippen molar-refractivity contribution in [2.24, 2.45) is 11.1 Å². The van der Waals surface area contributed by atoms with Crippen LogP contribution in [0.3, 0.4) is 0 Å². The Kier molecular flexibility index (Phi) is 5.21. The third-order valence-corrected chi connectivity index (χ3v) is 6.90. The molecule has 1 heterocycles. The van der Waals surface area contributed by atoms with E-state index in [0.717, 1.165) is 35.4 Å². The van der Waals surface area contributed by atoms with Gasteiger partial charge in [0.2, 0.25) is 0 Å². The lowest BCUT2D eigenvalue weighted by atomic mass is 9.68. The molecule has 1 unspecified atom stereocenters. The molecule has 0 amide bonds. The lowest BCUT2D eigenvalue weighted by Gasteiger charge is -2.35. The summed E-state index contributed by atoms with van der Waals surface area (Å²) in [4.78, 5) is 0. The van der Waals surface area contributed by atoms with Gasteiger partial charge in [0.15, 0.2) is 11.5 Å². The number of aromatic nitrogens is 2. The fourth-order valence-electron chi connectivity index (χ4n) is 4.88. The van der Waals surface area contributed by atoms with Crippen molar-refractivity contribution in [1.82, 2.24) is 10.2 Å². The number of hydrogen-bond acceptors (Lipinski definition) is 5. The summed E-state index contributed by atoms with van der Waals surface area (Å²) in [5.74, 6) is 1.69. The average molecular weight is 430 g/mol. The number of benzene rings is 2. The van der Waals surface area contributed by atoms with E-state index in [1.807, 2.05) is 18.2 Å². The van der Waals surface area contributed by atoms with Crippen LogP contribution < -0.4 is 9.47 Å². The minimum atomic E-state index is -0.398. The molecule has 0 saturated heterocycles. The zero-order chi connectivity index (χ0) is 22.1. The van der Waals surface area contributed by atoms with Crippen LogP contribution >= 0.6 is 0 Å². The van der Waals surface area contributed by atoms with Gasteiger partial charge in [0, 0.05) is 29.0 Å². The summed E-state index contributed by atoms with van der Waals surface area (Å²) in [6.45, 7) is 0. The van der Waals surface area contributed by atoms with Gasteiger partial charge < -0.3 is 14.7 Å². The molecule has 1 aromatic heterocycles. The smallest absolute Gasteiger partial charge is 0.161 e. The molecule has 6 nitrogen and oxygen atoms in total. The van der Waals surface area contributed by atoms with E-state index in [4.69, 9.17) is 9.47 Å². The number of nitrogens with zero attached hydrogens (tertiary/aromatic N) is 2. The van der Waals surface area contributed by atoms with E-state index in [0.29, 0.717) is 23.6 Å². The number of rotatable bonds is 6. The molecule has 1 atom stereocenters. The van der Waals surface area contributed by atoms with Crippen LogP contribution in [0, 0.1) is 5.92 Å². The first-order valence-corrected chi connectivity index (χ1v) is 11.0. The summed E-state index contributed by atoms with van der Waals surface area (Å²) in [5.41, 5.74) is 5.38. The van der Waals surface area contributed by atoms with Gasteiger partial charge in [0.25, 0.3) is 0 Å². The van der Waals surface area contributed by atoms with Gasteiger partial charge in [0.1, 0.15) is 11.4 Å². The monoisotopic (exact) mass is 429 g/mol. The van der Waals surface area contributed by atoms with Crippen molar-refractivity contribution in [3.8, 4) is 11.5 Å². The van der Waals surface area contributed by atoms with Crippen LogP contribution in [0.1, 0.15) is 47.3 Å². The first-order chi connectivity index (χ1) is 15.7. The van der Waals surface area contributed by atoms with E-state index in [1.54, 1.807) is 14.2 Å². The van der Waals surface area contributed by atoms with Gasteiger partial charge in [-0.2, -0.15) is 5.10 Å². The highest BCUT2D eigenvalue weighted by molar-refractivity contribution is 6.04. The zero-order valence-electron chi connectivity index (χ0n) is 18.3. The van der Waals surface area contributed by atoms with Gasteiger partial charge in [-0.3, -0.25) is 5.10 Å². The van der Waals surface area contributed by atoms with Gasteiger partial charge in [-0.05, 0) is 36.1 Å². The van der Waals surface area contributed by atoms with E-state index in [9.17, 15) is 5.21 Å². The number of ether oxygens (including phenoxy) is 2. The van der Waals surface area contributed by atoms with E-state index in [2.05, 4.69) is 57.8 Å². The van der Waals surface area contributed by atoms with Gasteiger partial charge in [-0.15, -0.1) is 0 Å². The molecule has 2 aliphatic carbocycles. The lowest BCUT2D eigenvalue weighted by molar-refractivity contribution is 0.305. The highest BCUT2D eigenvalue weighted by Crippen LogP contribution is 2.44. The van der Waals surface area contributed by atoms with Gasteiger partial charge in [-0.25, -0.2) is 0 Å². The zero-order valence-corrected chi connectivity index (χ0v) is 18.3. The molecule has 2 aromatic carbocycles. The molecule has 2 aliphatic rings. The molecule has 0 aliphatic heterocycles. The van der Waals surface area contributed by atoms with Crippen molar-refractivity contribution in [2.45, 2.75) is 31.1 Å². The largest absolute Gasteiger partial charge is 0.493 e. The maximum absolute atomic E-state index is 9.68. The topological polar surface area (TPSA) is 79.7 Å². The first-order valence-electron chi connectivity index (χ1n) is 11.0. The summed E-state index contributed by atoms with van der Waals surface area (Å²) < 4.78 is 11.1. The first kappa shape index (κ1) is 20.4. The number of methoxy groups -OCH3 is 2. The third kappa shape index (κ3) is 3.18.